The van der Waals surface area contributed by atoms with Gasteiger partial charge in [-0.2, -0.15) is 15.2 Å². The maximum atomic E-state index is 13.9. The molecule has 3 aliphatic heterocycles. The number of amides is 1. The highest BCUT2D eigenvalue weighted by Crippen LogP contribution is 2.66. The number of pyridine rings is 1. The fourth-order valence-electron chi connectivity index (χ4n) is 7.58. The Kier molecular flexibility index (Phi) is 9.28. The molecule has 0 N–H and O–H groups in total. The van der Waals surface area contributed by atoms with Crippen molar-refractivity contribution in [1.29, 1.82) is 5.26 Å². The van der Waals surface area contributed by atoms with Gasteiger partial charge in [-0.15, -0.1) is 11.8 Å². The van der Waals surface area contributed by atoms with E-state index >= 15 is 0 Å². The monoisotopic (exact) mass is 726 g/mol. The number of thioether (sulfide) groups is 1. The number of alkyl halides is 2. The lowest BCUT2D eigenvalue weighted by Crippen LogP contribution is -2.55. The molecule has 15 heteroatoms. The van der Waals surface area contributed by atoms with E-state index in [1.54, 1.807) is 18.0 Å². The van der Waals surface area contributed by atoms with Gasteiger partial charge in [-0.3, -0.25) is 14.7 Å². The number of likely N-dealkylation sites (N-methyl/N-ethyl adjacent to an activating group) is 1. The van der Waals surface area contributed by atoms with E-state index in [1.165, 1.54) is 4.90 Å². The molecule has 2 aromatic heterocycles. The number of nitrogens with zero attached hydrogens (tertiary/aromatic N) is 8. The number of anilines is 2. The minimum absolute atomic E-state index is 0.000704. The van der Waals surface area contributed by atoms with Crippen molar-refractivity contribution in [2.75, 3.05) is 56.2 Å². The van der Waals surface area contributed by atoms with Crippen molar-refractivity contribution in [3.63, 3.8) is 0 Å². The van der Waals surface area contributed by atoms with Gasteiger partial charge >= 0.3 is 6.01 Å². The largest absolute Gasteiger partial charge is 0.462 e. The summed E-state index contributed by atoms with van der Waals surface area (Å²) >= 11 is 8.39. The predicted octanol–water partition coefficient (Wildman–Crippen LogP) is 5.84. The second-order valence-corrected chi connectivity index (χ2v) is 15.7. The van der Waals surface area contributed by atoms with Crippen molar-refractivity contribution in [3.05, 3.63) is 59.3 Å². The van der Waals surface area contributed by atoms with Crippen LogP contribution in [0.5, 0.6) is 6.01 Å². The average molecular weight is 727 g/mol. The molecule has 10 nitrogen and oxygen atoms in total. The number of benzene rings is 1. The molecular formula is C35H38ClF3N8O2S. The van der Waals surface area contributed by atoms with Crippen molar-refractivity contribution >= 4 is 51.5 Å². The quantitative estimate of drug-likeness (QED) is 0.187. The second-order valence-electron chi connectivity index (χ2n) is 13.7. The number of carbonyl (C=O) groups is 1. The van der Waals surface area contributed by atoms with Gasteiger partial charge in [-0.1, -0.05) is 30.3 Å². The minimum Gasteiger partial charge on any atom is -0.462 e. The Labute approximate surface area is 298 Å². The summed E-state index contributed by atoms with van der Waals surface area (Å²) in [5, 5.41) is 12.1. The number of ether oxygens (including phenoxy) is 1. The SMILES string of the molecule is C=C(F)C(=O)N1CCN(c2nc(OCCN(C)C3S[C@@]3(C)C3CC(F)(F)C3)nc3c2CCN(c2cncc4cccc(Cl)c24)C3)C[C@@H]1CC#N. The molecule has 2 saturated heterocycles. The van der Waals surface area contributed by atoms with Crippen LogP contribution in [0.4, 0.5) is 24.7 Å². The summed E-state index contributed by atoms with van der Waals surface area (Å²) in [6, 6.07) is 7.50. The first-order valence-corrected chi connectivity index (χ1v) is 18.0. The Balaban J connectivity index is 1.13. The summed E-state index contributed by atoms with van der Waals surface area (Å²) < 4.78 is 47.1. The Bertz CT molecular complexity index is 1870. The maximum absolute atomic E-state index is 13.9. The highest BCUT2D eigenvalue weighted by atomic mass is 35.5. The summed E-state index contributed by atoms with van der Waals surface area (Å²) in [6.07, 6.45) is 4.12. The van der Waals surface area contributed by atoms with Crippen LogP contribution in [0.15, 0.2) is 43.0 Å². The standard InChI is InChI=1S/C35H38ClF3N8O2S/c1-21(37)31(48)47-12-11-46(19-24(47)7-9-40)30-25-8-10-45(28-18-41-17-22-5-4-6-26(36)29(22)28)20-27(25)42-33(43-30)49-14-13-44(3)32-34(2,50-32)23-15-35(38,39)16-23/h4-6,17-18,23-24,32H,1,7-8,10-16,19-20H2,2-3H3/t24-,32?,34-/m0/s1. The number of piperazine rings is 1. The van der Waals surface area contributed by atoms with Gasteiger partial charge in [-0.25, -0.2) is 13.2 Å². The van der Waals surface area contributed by atoms with E-state index in [9.17, 15) is 23.2 Å². The smallest absolute Gasteiger partial charge is 0.318 e. The molecule has 1 unspecified atom stereocenters. The minimum atomic E-state index is -2.55. The molecule has 50 heavy (non-hydrogen) atoms. The first-order chi connectivity index (χ1) is 23.9. The van der Waals surface area contributed by atoms with Crippen LogP contribution in [0.3, 0.4) is 0 Å². The van der Waals surface area contributed by atoms with Gasteiger partial charge in [-0.05, 0) is 32.4 Å². The third-order valence-corrected chi connectivity index (χ3v) is 12.7. The number of rotatable bonds is 10. The first kappa shape index (κ1) is 34.6. The van der Waals surface area contributed by atoms with Gasteiger partial charge < -0.3 is 19.4 Å². The van der Waals surface area contributed by atoms with Gasteiger partial charge in [0.2, 0.25) is 5.92 Å². The van der Waals surface area contributed by atoms with Crippen LogP contribution in [0.1, 0.15) is 37.4 Å². The lowest BCUT2D eigenvalue weighted by atomic mass is 9.73. The summed E-state index contributed by atoms with van der Waals surface area (Å²) in [6.45, 7) is 8.01. The van der Waals surface area contributed by atoms with Crippen LogP contribution in [0.25, 0.3) is 10.8 Å². The lowest BCUT2D eigenvalue weighted by molar-refractivity contribution is -0.131. The Morgan fingerprint density at radius 1 is 1.22 bits per heavy atom. The fraction of sp³-hybridized carbons (Fsp3) is 0.514. The molecular weight excluding hydrogens is 689 g/mol. The highest BCUT2D eigenvalue weighted by molar-refractivity contribution is 8.08. The number of aromatic nitrogens is 3. The van der Waals surface area contributed by atoms with Gasteiger partial charge in [0.15, 0.2) is 5.83 Å². The molecule has 1 saturated carbocycles. The van der Waals surface area contributed by atoms with Crippen LogP contribution in [0.2, 0.25) is 5.02 Å². The number of hydrogen-bond acceptors (Lipinski definition) is 10. The van der Waals surface area contributed by atoms with Crippen molar-refractivity contribution in [1.82, 2.24) is 24.8 Å². The Morgan fingerprint density at radius 2 is 2.02 bits per heavy atom. The third-order valence-electron chi connectivity index (χ3n) is 10.5. The average Bonchev–Trinajstić information content (AvgIpc) is 3.78. The second kappa shape index (κ2) is 13.4. The molecule has 0 radical (unpaired) electrons. The number of halogens is 4. The van der Waals surface area contributed by atoms with Crippen molar-refractivity contribution in [3.8, 4) is 12.1 Å². The molecule has 1 aromatic carbocycles. The van der Waals surface area contributed by atoms with Crippen LogP contribution >= 0.6 is 23.4 Å². The summed E-state index contributed by atoms with van der Waals surface area (Å²) in [5.74, 6) is -3.75. The molecule has 0 bridgehead atoms. The molecule has 7 rings (SSSR count). The Hall–Kier alpha value is -3.80. The molecule has 3 fully saturated rings. The van der Waals surface area contributed by atoms with Crippen molar-refractivity contribution in [2.24, 2.45) is 5.92 Å². The zero-order valence-corrected chi connectivity index (χ0v) is 29.5. The van der Waals surface area contributed by atoms with E-state index in [-0.39, 0.29) is 61.0 Å². The van der Waals surface area contributed by atoms with Gasteiger partial charge in [0.1, 0.15) is 12.4 Å². The van der Waals surface area contributed by atoms with E-state index in [1.807, 2.05) is 36.3 Å². The van der Waals surface area contributed by atoms with Crippen LogP contribution in [-0.2, 0) is 17.8 Å². The van der Waals surface area contributed by atoms with Crippen LogP contribution in [-0.4, -0.2) is 99.1 Å². The molecule has 264 valence electrons. The first-order valence-electron chi connectivity index (χ1n) is 16.7. The summed E-state index contributed by atoms with van der Waals surface area (Å²) in [4.78, 5) is 34.5. The van der Waals surface area contributed by atoms with E-state index in [0.29, 0.717) is 43.4 Å². The van der Waals surface area contributed by atoms with Crippen LogP contribution < -0.4 is 14.5 Å². The highest BCUT2D eigenvalue weighted by Gasteiger charge is 2.65. The zero-order chi connectivity index (χ0) is 35.4. The molecule has 1 amide bonds. The number of hydrogen-bond donors (Lipinski definition) is 0. The van der Waals surface area contributed by atoms with E-state index < -0.39 is 23.7 Å². The molecule has 4 aliphatic rings. The number of nitriles is 1. The molecule has 0 spiro atoms. The fourth-order valence-corrected chi connectivity index (χ4v) is 9.29. The molecule has 5 heterocycles. The predicted molar refractivity (Wildman–Crippen MR) is 187 cm³/mol. The third kappa shape index (κ3) is 6.55. The topological polar surface area (TPSA) is 102 Å². The normalized spacial score (nSPS) is 24.5. The maximum Gasteiger partial charge on any atom is 0.318 e. The van der Waals surface area contributed by atoms with E-state index in [4.69, 9.17) is 26.3 Å². The van der Waals surface area contributed by atoms with E-state index in [2.05, 4.69) is 34.4 Å². The zero-order valence-electron chi connectivity index (χ0n) is 27.9. The summed E-state index contributed by atoms with van der Waals surface area (Å²) in [5.41, 5.74) is 2.61. The van der Waals surface area contributed by atoms with Crippen molar-refractivity contribution < 1.29 is 22.7 Å². The molecule has 3 aromatic rings. The number of carbonyl (C=O) groups excluding carboxylic acids is 1. The van der Waals surface area contributed by atoms with Gasteiger partial charge in [0.25, 0.3) is 5.91 Å². The number of fused-ring (bicyclic) bond motifs is 2. The summed E-state index contributed by atoms with van der Waals surface area (Å²) in [7, 11) is 1.98. The van der Waals surface area contributed by atoms with Gasteiger partial charge in [0.05, 0.1) is 53.1 Å². The lowest BCUT2D eigenvalue weighted by Gasteiger charge is -2.42. The van der Waals surface area contributed by atoms with Gasteiger partial charge in [0, 0.05) is 72.8 Å². The van der Waals surface area contributed by atoms with Crippen LogP contribution in [0, 0.1) is 17.2 Å². The molecule has 3 atom stereocenters. The van der Waals surface area contributed by atoms with E-state index in [0.717, 1.165) is 27.7 Å². The van der Waals surface area contributed by atoms with Crippen molar-refractivity contribution in [2.45, 2.75) is 61.2 Å². The molecule has 1 aliphatic carbocycles. The Morgan fingerprint density at radius 3 is 2.76 bits per heavy atom.